The minimum absolute atomic E-state index is 0.0367. The summed E-state index contributed by atoms with van der Waals surface area (Å²) >= 11 is 0. The Kier molecular flexibility index (Phi) is 5.95. The van der Waals surface area contributed by atoms with Crippen LogP contribution in [0.1, 0.15) is 43.0 Å². The predicted octanol–water partition coefficient (Wildman–Crippen LogP) is 2.27. The second-order valence-corrected chi connectivity index (χ2v) is 5.82. The molecule has 0 spiro atoms. The molecule has 0 aliphatic carbocycles. The van der Waals surface area contributed by atoms with Gasteiger partial charge in [0.15, 0.2) is 0 Å². The SMILES string of the molecule is CCCC(=O)Nc1cccc(C(=O)N2CCCC(CO)C2)c1. The molecule has 0 aromatic heterocycles. The number of benzene rings is 1. The number of nitrogens with one attached hydrogen (secondary N) is 1. The topological polar surface area (TPSA) is 69.6 Å². The summed E-state index contributed by atoms with van der Waals surface area (Å²) in [6, 6.07) is 7.05. The van der Waals surface area contributed by atoms with Crippen LogP contribution < -0.4 is 5.32 Å². The van der Waals surface area contributed by atoms with Crippen LogP contribution in [0.5, 0.6) is 0 Å². The maximum atomic E-state index is 12.6. The number of hydrogen-bond acceptors (Lipinski definition) is 3. The van der Waals surface area contributed by atoms with Gasteiger partial charge in [-0.3, -0.25) is 9.59 Å². The molecular formula is C17H24N2O3. The van der Waals surface area contributed by atoms with Crippen molar-refractivity contribution in [3.8, 4) is 0 Å². The Bertz CT molecular complexity index is 530. The predicted molar refractivity (Wildman–Crippen MR) is 85.7 cm³/mol. The summed E-state index contributed by atoms with van der Waals surface area (Å²) in [6.07, 6.45) is 3.15. The summed E-state index contributed by atoms with van der Waals surface area (Å²) in [4.78, 5) is 26.0. The normalized spacial score (nSPS) is 18.1. The zero-order chi connectivity index (χ0) is 15.9. The minimum Gasteiger partial charge on any atom is -0.396 e. The van der Waals surface area contributed by atoms with Crippen molar-refractivity contribution in [3.63, 3.8) is 0 Å². The molecule has 22 heavy (non-hydrogen) atoms. The summed E-state index contributed by atoms with van der Waals surface area (Å²) in [6.45, 7) is 3.40. The molecule has 1 unspecified atom stereocenters. The molecular weight excluding hydrogens is 280 g/mol. The molecule has 1 saturated heterocycles. The lowest BCUT2D eigenvalue weighted by atomic mass is 9.98. The summed E-state index contributed by atoms with van der Waals surface area (Å²) in [5.41, 5.74) is 1.23. The number of anilines is 1. The van der Waals surface area contributed by atoms with Gasteiger partial charge in [-0.15, -0.1) is 0 Å². The van der Waals surface area contributed by atoms with Crippen LogP contribution >= 0.6 is 0 Å². The van der Waals surface area contributed by atoms with Gasteiger partial charge in [0.2, 0.25) is 5.91 Å². The Balaban J connectivity index is 2.05. The van der Waals surface area contributed by atoms with Crippen molar-refractivity contribution in [1.82, 2.24) is 4.90 Å². The number of carbonyl (C=O) groups is 2. The van der Waals surface area contributed by atoms with Gasteiger partial charge < -0.3 is 15.3 Å². The third kappa shape index (κ3) is 4.31. The molecule has 0 saturated carbocycles. The van der Waals surface area contributed by atoms with Crippen molar-refractivity contribution in [2.24, 2.45) is 5.92 Å². The van der Waals surface area contributed by atoms with E-state index in [1.165, 1.54) is 0 Å². The first-order chi connectivity index (χ1) is 10.6. The summed E-state index contributed by atoms with van der Waals surface area (Å²) < 4.78 is 0. The number of carbonyl (C=O) groups excluding carboxylic acids is 2. The zero-order valence-electron chi connectivity index (χ0n) is 13.0. The second-order valence-electron chi connectivity index (χ2n) is 5.82. The highest BCUT2D eigenvalue weighted by molar-refractivity contribution is 5.97. The van der Waals surface area contributed by atoms with E-state index in [9.17, 15) is 14.7 Å². The Morgan fingerprint density at radius 2 is 2.23 bits per heavy atom. The molecule has 1 heterocycles. The zero-order valence-corrected chi connectivity index (χ0v) is 13.0. The first kappa shape index (κ1) is 16.5. The van der Waals surface area contributed by atoms with Gasteiger partial charge >= 0.3 is 0 Å². The van der Waals surface area contributed by atoms with E-state index in [1.807, 2.05) is 6.92 Å². The van der Waals surface area contributed by atoms with E-state index in [1.54, 1.807) is 29.2 Å². The fourth-order valence-electron chi connectivity index (χ4n) is 2.76. The Labute approximate surface area is 131 Å². The standard InChI is InChI=1S/C17H24N2O3/c1-2-5-16(21)18-15-8-3-7-14(10-15)17(22)19-9-4-6-13(11-19)12-20/h3,7-8,10,13,20H,2,4-6,9,11-12H2,1H3,(H,18,21). The van der Waals surface area contributed by atoms with Crippen LogP contribution in [0.2, 0.25) is 0 Å². The van der Waals surface area contributed by atoms with Crippen molar-refractivity contribution in [1.29, 1.82) is 0 Å². The lowest BCUT2D eigenvalue weighted by Crippen LogP contribution is -2.40. The van der Waals surface area contributed by atoms with Crippen LogP contribution in [0.25, 0.3) is 0 Å². The molecule has 1 fully saturated rings. The van der Waals surface area contributed by atoms with Crippen LogP contribution in [-0.4, -0.2) is 41.5 Å². The maximum Gasteiger partial charge on any atom is 0.253 e. The summed E-state index contributed by atoms with van der Waals surface area (Å²) in [5.74, 6) is 0.0975. The fourth-order valence-corrected chi connectivity index (χ4v) is 2.76. The highest BCUT2D eigenvalue weighted by Gasteiger charge is 2.24. The number of piperidine rings is 1. The Morgan fingerprint density at radius 3 is 2.95 bits per heavy atom. The monoisotopic (exact) mass is 304 g/mol. The molecule has 0 radical (unpaired) electrons. The Morgan fingerprint density at radius 1 is 1.41 bits per heavy atom. The first-order valence-corrected chi connectivity index (χ1v) is 7.94. The largest absolute Gasteiger partial charge is 0.396 e. The molecule has 1 aliphatic heterocycles. The third-order valence-electron chi connectivity index (χ3n) is 3.93. The Hall–Kier alpha value is -1.88. The van der Waals surface area contributed by atoms with Crippen molar-refractivity contribution >= 4 is 17.5 Å². The van der Waals surface area contributed by atoms with Gasteiger partial charge in [0.05, 0.1) is 0 Å². The van der Waals surface area contributed by atoms with E-state index < -0.39 is 0 Å². The molecule has 5 nitrogen and oxygen atoms in total. The van der Waals surface area contributed by atoms with E-state index in [2.05, 4.69) is 5.32 Å². The minimum atomic E-state index is -0.0373. The summed E-state index contributed by atoms with van der Waals surface area (Å²) in [7, 11) is 0. The lowest BCUT2D eigenvalue weighted by molar-refractivity contribution is -0.116. The van der Waals surface area contributed by atoms with E-state index in [0.29, 0.717) is 24.2 Å². The number of aliphatic hydroxyl groups is 1. The maximum absolute atomic E-state index is 12.6. The lowest BCUT2D eigenvalue weighted by Gasteiger charge is -2.32. The molecule has 1 aliphatic rings. The van der Waals surface area contributed by atoms with Crippen LogP contribution in [0.4, 0.5) is 5.69 Å². The van der Waals surface area contributed by atoms with E-state index >= 15 is 0 Å². The third-order valence-corrected chi connectivity index (χ3v) is 3.93. The molecule has 1 atom stereocenters. The van der Waals surface area contributed by atoms with Crippen LogP contribution in [0, 0.1) is 5.92 Å². The van der Waals surface area contributed by atoms with Crippen molar-refractivity contribution in [3.05, 3.63) is 29.8 Å². The van der Waals surface area contributed by atoms with Gasteiger partial charge in [-0.05, 0) is 43.4 Å². The molecule has 1 aromatic rings. The molecule has 2 N–H and O–H groups in total. The van der Waals surface area contributed by atoms with Crippen molar-refractivity contribution < 1.29 is 14.7 Å². The van der Waals surface area contributed by atoms with Gasteiger partial charge in [0.1, 0.15) is 0 Å². The van der Waals surface area contributed by atoms with E-state index in [-0.39, 0.29) is 24.3 Å². The van der Waals surface area contributed by atoms with E-state index in [4.69, 9.17) is 0 Å². The molecule has 0 bridgehead atoms. The number of rotatable bonds is 5. The average Bonchev–Trinajstić information content (AvgIpc) is 2.54. The van der Waals surface area contributed by atoms with Gasteiger partial charge in [-0.1, -0.05) is 13.0 Å². The van der Waals surface area contributed by atoms with Gasteiger partial charge in [-0.2, -0.15) is 0 Å². The van der Waals surface area contributed by atoms with Crippen LogP contribution in [-0.2, 0) is 4.79 Å². The van der Waals surface area contributed by atoms with Crippen molar-refractivity contribution in [2.75, 3.05) is 25.0 Å². The second kappa shape index (κ2) is 7.94. The van der Waals surface area contributed by atoms with E-state index in [0.717, 1.165) is 25.8 Å². The number of hydrogen-bond donors (Lipinski definition) is 2. The molecule has 120 valence electrons. The van der Waals surface area contributed by atoms with Gasteiger partial charge in [0, 0.05) is 37.4 Å². The van der Waals surface area contributed by atoms with Gasteiger partial charge in [0.25, 0.3) is 5.91 Å². The van der Waals surface area contributed by atoms with Crippen LogP contribution in [0.3, 0.4) is 0 Å². The smallest absolute Gasteiger partial charge is 0.253 e. The number of aliphatic hydroxyl groups excluding tert-OH is 1. The molecule has 1 aromatic carbocycles. The molecule has 2 amide bonds. The summed E-state index contributed by atoms with van der Waals surface area (Å²) in [5, 5.41) is 12.1. The highest BCUT2D eigenvalue weighted by atomic mass is 16.3. The number of nitrogens with zero attached hydrogens (tertiary/aromatic N) is 1. The quantitative estimate of drug-likeness (QED) is 0.876. The van der Waals surface area contributed by atoms with Crippen LogP contribution in [0.15, 0.2) is 24.3 Å². The van der Waals surface area contributed by atoms with Crippen molar-refractivity contribution in [2.45, 2.75) is 32.6 Å². The molecule has 2 rings (SSSR count). The number of amides is 2. The first-order valence-electron chi connectivity index (χ1n) is 7.94. The average molecular weight is 304 g/mol. The fraction of sp³-hybridized carbons (Fsp3) is 0.529. The highest BCUT2D eigenvalue weighted by Crippen LogP contribution is 2.19. The van der Waals surface area contributed by atoms with Gasteiger partial charge in [-0.25, -0.2) is 0 Å². The molecule has 5 heteroatoms. The number of likely N-dealkylation sites (tertiary alicyclic amines) is 1.